The number of allylic oxidation sites excluding steroid dienone is 2. The van der Waals surface area contributed by atoms with Crippen molar-refractivity contribution >= 4 is 28.5 Å². The number of ether oxygens (including phenoxy) is 1. The number of hydrogen-bond donors (Lipinski definition) is 4. The van der Waals surface area contributed by atoms with Gasteiger partial charge in [0.15, 0.2) is 0 Å². The lowest BCUT2D eigenvalue weighted by molar-refractivity contribution is -0.0421. The van der Waals surface area contributed by atoms with Gasteiger partial charge in [-0.3, -0.25) is 4.90 Å². The number of H-pyrrole nitrogens is 1. The summed E-state index contributed by atoms with van der Waals surface area (Å²) in [6.45, 7) is 14.1. The lowest BCUT2D eigenvalue weighted by atomic mass is 9.59. The van der Waals surface area contributed by atoms with E-state index in [1.165, 1.54) is 56.5 Å². The van der Waals surface area contributed by atoms with Crippen molar-refractivity contribution < 1.29 is 9.84 Å². The van der Waals surface area contributed by atoms with Crippen molar-refractivity contribution in [1.82, 2.24) is 25.1 Å². The molecule has 10 rings (SSSR count). The number of fused-ring (bicyclic) bond motifs is 2. The summed E-state index contributed by atoms with van der Waals surface area (Å²) in [6.07, 6.45) is 24.5. The molecule has 9 nitrogen and oxygen atoms in total. The fourth-order valence-electron chi connectivity index (χ4n) is 12.3. The highest BCUT2D eigenvalue weighted by molar-refractivity contribution is 8.00. The molecule has 61 heavy (non-hydrogen) atoms. The van der Waals surface area contributed by atoms with Crippen molar-refractivity contribution in [2.45, 2.75) is 157 Å². The van der Waals surface area contributed by atoms with Gasteiger partial charge in [0.05, 0.1) is 11.6 Å². The molecule has 3 aromatic rings. The van der Waals surface area contributed by atoms with Crippen molar-refractivity contribution in [3.63, 3.8) is 0 Å². The Morgan fingerprint density at radius 1 is 1.03 bits per heavy atom. The summed E-state index contributed by atoms with van der Waals surface area (Å²) in [5.41, 5.74) is 15.7. The lowest BCUT2D eigenvalue weighted by Crippen LogP contribution is -2.54. The Hall–Kier alpha value is -3.44. The highest BCUT2D eigenvalue weighted by Crippen LogP contribution is 2.55. The monoisotopic (exact) mass is 846 g/mol. The Bertz CT molecular complexity index is 2130. The average molecular weight is 846 g/mol. The normalized spacial score (nSPS) is 32.1. The summed E-state index contributed by atoms with van der Waals surface area (Å²) in [5.74, 6) is 1.91. The molecule has 2 aromatic heterocycles. The molecule has 328 valence electrons. The molecule has 1 aromatic carbocycles. The second kappa shape index (κ2) is 16.9. The van der Waals surface area contributed by atoms with Gasteiger partial charge in [-0.1, -0.05) is 50.3 Å². The summed E-state index contributed by atoms with van der Waals surface area (Å²) >= 11 is 2.09. The van der Waals surface area contributed by atoms with E-state index >= 15 is 0 Å². The third-order valence-corrected chi connectivity index (χ3v) is 17.5. The molecule has 0 bridgehead atoms. The summed E-state index contributed by atoms with van der Waals surface area (Å²) < 4.78 is 6.32. The van der Waals surface area contributed by atoms with Crippen molar-refractivity contribution in [2.75, 3.05) is 37.7 Å². The summed E-state index contributed by atoms with van der Waals surface area (Å²) in [7, 11) is 0. The van der Waals surface area contributed by atoms with Gasteiger partial charge in [0.1, 0.15) is 17.9 Å². The van der Waals surface area contributed by atoms with Crippen LogP contribution in [0.15, 0.2) is 77.9 Å². The van der Waals surface area contributed by atoms with Crippen molar-refractivity contribution in [1.29, 1.82) is 0 Å². The molecule has 5 atom stereocenters. The van der Waals surface area contributed by atoms with E-state index in [0.717, 1.165) is 98.9 Å². The van der Waals surface area contributed by atoms with Gasteiger partial charge in [-0.15, -0.1) is 11.8 Å². The maximum absolute atomic E-state index is 10.4. The fraction of sp³-hybridized carbons (Fsp3) is 0.627. The van der Waals surface area contributed by atoms with Gasteiger partial charge in [0.2, 0.25) is 5.88 Å². The van der Waals surface area contributed by atoms with Crippen LogP contribution in [-0.2, 0) is 0 Å². The molecule has 4 aliphatic carbocycles. The number of pyridine rings is 1. The number of nitrogens with one attached hydrogen (secondary N) is 2. The third-order valence-electron chi connectivity index (χ3n) is 16.0. The number of aromatic nitrogens is 2. The van der Waals surface area contributed by atoms with E-state index in [-0.39, 0.29) is 12.1 Å². The van der Waals surface area contributed by atoms with E-state index in [4.69, 9.17) is 15.5 Å². The van der Waals surface area contributed by atoms with Crippen LogP contribution in [0, 0.1) is 11.3 Å². The molecule has 5 heterocycles. The van der Waals surface area contributed by atoms with Crippen molar-refractivity contribution in [3.8, 4) is 5.88 Å². The van der Waals surface area contributed by atoms with Crippen LogP contribution in [0.1, 0.15) is 134 Å². The first-order valence-corrected chi connectivity index (χ1v) is 25.0. The maximum Gasteiger partial charge on any atom is 0.240 e. The smallest absolute Gasteiger partial charge is 0.240 e. The number of anilines is 1. The Morgan fingerprint density at radius 2 is 1.84 bits per heavy atom. The number of thioether (sulfide) groups is 1. The van der Waals surface area contributed by atoms with Crippen LogP contribution in [0.3, 0.4) is 0 Å². The molecular weight excluding hydrogens is 775 g/mol. The first-order chi connectivity index (χ1) is 29.5. The second-order valence-electron chi connectivity index (χ2n) is 20.7. The number of nitrogens with zero attached hydrogens (tertiary/aromatic N) is 4. The van der Waals surface area contributed by atoms with E-state index in [1.54, 1.807) is 11.1 Å². The predicted molar refractivity (Wildman–Crippen MR) is 251 cm³/mol. The molecule has 10 heteroatoms. The van der Waals surface area contributed by atoms with Gasteiger partial charge in [0.25, 0.3) is 0 Å². The predicted octanol–water partition coefficient (Wildman–Crippen LogP) is 9.53. The molecule has 4 unspecified atom stereocenters. The van der Waals surface area contributed by atoms with Crippen LogP contribution in [0.25, 0.3) is 11.0 Å². The van der Waals surface area contributed by atoms with Gasteiger partial charge in [-0.05, 0) is 157 Å². The van der Waals surface area contributed by atoms with Crippen molar-refractivity contribution in [2.24, 2.45) is 17.1 Å². The Kier molecular flexibility index (Phi) is 11.5. The lowest BCUT2D eigenvalue weighted by Gasteiger charge is -2.56. The number of aliphatic hydroxyl groups is 1. The summed E-state index contributed by atoms with van der Waals surface area (Å²) in [4.78, 5) is 16.4. The van der Waals surface area contributed by atoms with E-state index in [0.29, 0.717) is 40.4 Å². The molecule has 2 saturated heterocycles. The molecule has 4 fully saturated rings. The summed E-state index contributed by atoms with van der Waals surface area (Å²) in [6, 6.07) is 15.4. The quantitative estimate of drug-likeness (QED) is 0.159. The highest BCUT2D eigenvalue weighted by atomic mass is 32.2. The molecule has 0 amide bonds. The standard InChI is InChI=1S/C51H71N7O2S/c1-33(2)40-8-5-6-9-41(40)44-10-7-23-57(44)38-29-51(30-38)20-24-56(25-21-51)37-11-14-47(45(27-37)58-34(3)32-60-49-46(58)26-36-17-22-53-48(36)55-49)61-39-12-13-43(42(52)28-39)54-31-35-15-18-50(4,59)19-16-35/h5-6,8-9,11,17,22,26-28,33-35,38-39,43-44,47,54,59H,7,10,12-16,18-21,23-25,29-32,52H2,1-4H3,(H,53,55)/t34?,35?,39?,43?,44-,47?,50?/m0/s1. The van der Waals surface area contributed by atoms with E-state index in [2.05, 4.69) is 112 Å². The van der Waals surface area contributed by atoms with Crippen LogP contribution in [0.5, 0.6) is 5.88 Å². The molecule has 7 aliphatic rings. The first kappa shape index (κ1) is 41.6. The SMILES string of the molecule is CC(C)c1ccccc1[C@@H]1CCCN1C1CC2(CCN(C3=CCC(SC4C=C(N)C(NCC5CCC(C)(O)CC5)CC4)C(N4c5cc6cc[nH]c6nc5OCC4C)=C3)CC2)C1. The number of aromatic amines is 1. The number of piperidine rings is 1. The van der Waals surface area contributed by atoms with Gasteiger partial charge in [-0.2, -0.15) is 4.98 Å². The van der Waals surface area contributed by atoms with Crippen molar-refractivity contribution in [3.05, 3.63) is 89.0 Å². The number of likely N-dealkylation sites (tertiary alicyclic amines) is 2. The minimum absolute atomic E-state index is 0.182. The van der Waals surface area contributed by atoms with Crippen LogP contribution in [0.4, 0.5) is 5.69 Å². The molecule has 3 aliphatic heterocycles. The Balaban J connectivity index is 0.832. The summed E-state index contributed by atoms with van der Waals surface area (Å²) in [5, 5.41) is 16.0. The highest BCUT2D eigenvalue weighted by Gasteiger charge is 2.50. The minimum atomic E-state index is -0.491. The maximum atomic E-state index is 10.4. The van der Waals surface area contributed by atoms with Crippen LogP contribution in [0.2, 0.25) is 0 Å². The first-order valence-electron chi connectivity index (χ1n) is 24.0. The molecule has 5 N–H and O–H groups in total. The van der Waals surface area contributed by atoms with Gasteiger partial charge < -0.3 is 35.7 Å². The van der Waals surface area contributed by atoms with E-state index < -0.39 is 5.60 Å². The zero-order valence-corrected chi connectivity index (χ0v) is 38.1. The van der Waals surface area contributed by atoms with E-state index in [9.17, 15) is 5.11 Å². The zero-order valence-electron chi connectivity index (χ0n) is 37.3. The molecule has 2 saturated carbocycles. The van der Waals surface area contributed by atoms with Crippen LogP contribution in [-0.4, -0.2) is 91.9 Å². The Labute approximate surface area is 369 Å². The minimum Gasteiger partial charge on any atom is -0.474 e. The van der Waals surface area contributed by atoms with E-state index in [1.807, 2.05) is 13.1 Å². The number of nitrogens with two attached hydrogens (primary N) is 1. The van der Waals surface area contributed by atoms with Gasteiger partial charge in [0, 0.05) is 70.4 Å². The number of rotatable bonds is 10. The van der Waals surface area contributed by atoms with Gasteiger partial charge >= 0.3 is 0 Å². The van der Waals surface area contributed by atoms with Crippen LogP contribution >= 0.6 is 11.8 Å². The Morgan fingerprint density at radius 3 is 2.62 bits per heavy atom. The zero-order chi connectivity index (χ0) is 41.9. The fourth-order valence-corrected chi connectivity index (χ4v) is 13.8. The average Bonchev–Trinajstić information content (AvgIpc) is 3.92. The third kappa shape index (κ3) is 8.40. The molecule has 0 radical (unpaired) electrons. The topological polar surface area (TPSA) is 106 Å². The number of benzene rings is 1. The molecule has 1 spiro atoms. The van der Waals surface area contributed by atoms with Gasteiger partial charge in [-0.25, -0.2) is 0 Å². The number of hydrogen-bond acceptors (Lipinski definition) is 9. The van der Waals surface area contributed by atoms with Crippen LogP contribution < -0.4 is 20.7 Å². The second-order valence-corrected chi connectivity index (χ2v) is 22.2. The largest absolute Gasteiger partial charge is 0.474 e. The molecular formula is C51H71N7O2S.